The Labute approximate surface area is 138 Å². The van der Waals surface area contributed by atoms with Crippen molar-refractivity contribution in [3.05, 3.63) is 77.4 Å². The summed E-state index contributed by atoms with van der Waals surface area (Å²) in [5.41, 5.74) is 0.850. The van der Waals surface area contributed by atoms with Gasteiger partial charge in [0.1, 0.15) is 19.0 Å². The van der Waals surface area contributed by atoms with E-state index in [0.717, 1.165) is 11.6 Å². The van der Waals surface area contributed by atoms with Crippen LogP contribution in [0, 0.1) is 23.5 Å². The highest BCUT2D eigenvalue weighted by Crippen LogP contribution is 2.32. The predicted molar refractivity (Wildman–Crippen MR) is 88.6 cm³/mol. The molecule has 0 amide bonds. The molecule has 0 aromatic heterocycles. The molecule has 120 valence electrons. The lowest BCUT2D eigenvalue weighted by Gasteiger charge is -2.12. The zero-order valence-corrected chi connectivity index (χ0v) is 12.7. The van der Waals surface area contributed by atoms with Gasteiger partial charge in [-0.2, -0.15) is 0 Å². The summed E-state index contributed by atoms with van der Waals surface area (Å²) >= 11 is 0. The number of benzene rings is 3. The Kier molecular flexibility index (Phi) is 4.74. The van der Waals surface area contributed by atoms with Gasteiger partial charge in [0, 0.05) is 5.39 Å². The Bertz CT molecular complexity index is 925. The number of hydrogen-bond donors (Lipinski definition) is 1. The van der Waals surface area contributed by atoms with Gasteiger partial charge < -0.3 is 9.84 Å². The lowest BCUT2D eigenvalue weighted by molar-refractivity contribution is 0.310. The summed E-state index contributed by atoms with van der Waals surface area (Å²) < 4.78 is 33.8. The summed E-state index contributed by atoms with van der Waals surface area (Å²) in [7, 11) is 0. The van der Waals surface area contributed by atoms with Crippen LogP contribution in [0.3, 0.4) is 0 Å². The minimum absolute atomic E-state index is 0.109. The second-order valence-electron chi connectivity index (χ2n) is 5.14. The maximum absolute atomic E-state index is 14.2. The number of aliphatic hydroxyl groups is 1. The van der Waals surface area contributed by atoms with Crippen LogP contribution in [0.15, 0.2) is 54.6 Å². The zero-order chi connectivity index (χ0) is 16.9. The number of fused-ring (bicyclic) bond motifs is 1. The number of aliphatic hydroxyl groups excluding tert-OH is 1. The van der Waals surface area contributed by atoms with Crippen LogP contribution >= 0.6 is 0 Å². The van der Waals surface area contributed by atoms with Crippen molar-refractivity contribution in [3.8, 4) is 17.6 Å². The Morgan fingerprint density at radius 1 is 1.00 bits per heavy atom. The molecule has 0 unspecified atom stereocenters. The normalized spacial score (nSPS) is 10.3. The molecule has 1 N–H and O–H groups in total. The first-order chi connectivity index (χ1) is 11.7. The maximum atomic E-state index is 14.2. The average Bonchev–Trinajstić information content (AvgIpc) is 2.61. The van der Waals surface area contributed by atoms with Crippen molar-refractivity contribution in [2.75, 3.05) is 6.61 Å². The van der Waals surface area contributed by atoms with Gasteiger partial charge in [-0.15, -0.1) is 0 Å². The molecule has 0 aliphatic rings. The third-order valence-electron chi connectivity index (χ3n) is 3.55. The molecule has 0 saturated carbocycles. The molecular weight excluding hydrogens is 310 g/mol. The fourth-order valence-electron chi connectivity index (χ4n) is 2.47. The Hall–Kier alpha value is -2.90. The van der Waals surface area contributed by atoms with E-state index in [2.05, 4.69) is 11.8 Å². The molecule has 24 heavy (non-hydrogen) atoms. The first-order valence-electron chi connectivity index (χ1n) is 7.38. The van der Waals surface area contributed by atoms with Crippen molar-refractivity contribution in [1.29, 1.82) is 0 Å². The van der Waals surface area contributed by atoms with Gasteiger partial charge in [-0.3, -0.25) is 0 Å². The van der Waals surface area contributed by atoms with Crippen LogP contribution in [-0.4, -0.2) is 11.7 Å². The Morgan fingerprint density at radius 2 is 1.79 bits per heavy atom. The molecule has 0 bridgehead atoms. The van der Waals surface area contributed by atoms with Gasteiger partial charge in [0.25, 0.3) is 0 Å². The van der Waals surface area contributed by atoms with Gasteiger partial charge in [-0.25, -0.2) is 8.78 Å². The number of rotatable bonds is 3. The smallest absolute Gasteiger partial charge is 0.175 e. The van der Waals surface area contributed by atoms with Crippen LogP contribution in [0.4, 0.5) is 8.78 Å². The molecule has 0 heterocycles. The molecule has 4 heteroatoms. The summed E-state index contributed by atoms with van der Waals surface area (Å²) in [6.45, 7) is -0.143. The molecule has 0 aliphatic heterocycles. The van der Waals surface area contributed by atoms with Crippen molar-refractivity contribution < 1.29 is 18.6 Å². The minimum Gasteiger partial charge on any atom is -0.488 e. The summed E-state index contributed by atoms with van der Waals surface area (Å²) in [6, 6.07) is 15.7. The zero-order valence-electron chi connectivity index (χ0n) is 12.7. The van der Waals surface area contributed by atoms with E-state index in [1.807, 2.05) is 30.3 Å². The molecule has 0 radical (unpaired) electrons. The quantitative estimate of drug-likeness (QED) is 0.737. The lowest BCUT2D eigenvalue weighted by atomic mass is 10.0. The molecule has 0 saturated heterocycles. The highest BCUT2D eigenvalue weighted by atomic mass is 19.2. The van der Waals surface area contributed by atoms with Gasteiger partial charge in [0.15, 0.2) is 11.6 Å². The fourth-order valence-corrected chi connectivity index (χ4v) is 2.47. The molecule has 3 aromatic rings. The molecule has 0 fully saturated rings. The number of halogens is 2. The van der Waals surface area contributed by atoms with Crippen molar-refractivity contribution in [1.82, 2.24) is 0 Å². The van der Waals surface area contributed by atoms with E-state index in [9.17, 15) is 8.78 Å². The van der Waals surface area contributed by atoms with E-state index in [4.69, 9.17) is 9.84 Å². The summed E-state index contributed by atoms with van der Waals surface area (Å²) in [5, 5.41) is 9.74. The van der Waals surface area contributed by atoms with Gasteiger partial charge in [0.05, 0.1) is 5.56 Å². The summed E-state index contributed by atoms with van der Waals surface area (Å²) in [4.78, 5) is 0. The molecule has 3 rings (SSSR count). The van der Waals surface area contributed by atoms with Crippen LogP contribution in [-0.2, 0) is 6.61 Å². The molecule has 2 nitrogen and oxygen atoms in total. The third-order valence-corrected chi connectivity index (χ3v) is 3.55. The lowest BCUT2D eigenvalue weighted by Crippen LogP contribution is -1.99. The maximum Gasteiger partial charge on any atom is 0.175 e. The fraction of sp³-hybridized carbons (Fsp3) is 0.100. The van der Waals surface area contributed by atoms with E-state index in [1.54, 1.807) is 18.2 Å². The van der Waals surface area contributed by atoms with Crippen LogP contribution in [0.25, 0.3) is 10.8 Å². The van der Waals surface area contributed by atoms with Crippen molar-refractivity contribution >= 4 is 10.8 Å². The SMILES string of the molecule is OCC#Cc1c(F)c(F)cc2cccc(OCc3ccccc3)c12. The Morgan fingerprint density at radius 3 is 2.54 bits per heavy atom. The van der Waals surface area contributed by atoms with Gasteiger partial charge in [-0.05, 0) is 23.1 Å². The highest BCUT2D eigenvalue weighted by molar-refractivity contribution is 5.93. The van der Waals surface area contributed by atoms with Crippen molar-refractivity contribution in [2.45, 2.75) is 6.61 Å². The highest BCUT2D eigenvalue weighted by Gasteiger charge is 2.15. The van der Waals surface area contributed by atoms with Gasteiger partial charge in [-0.1, -0.05) is 54.3 Å². The molecule has 0 atom stereocenters. The van der Waals surface area contributed by atoms with E-state index >= 15 is 0 Å². The van der Waals surface area contributed by atoms with Crippen LogP contribution in [0.1, 0.15) is 11.1 Å². The predicted octanol–water partition coefficient (Wildman–Crippen LogP) is 4.04. The van der Waals surface area contributed by atoms with E-state index in [1.165, 1.54) is 0 Å². The minimum atomic E-state index is -1.04. The summed E-state index contributed by atoms with van der Waals surface area (Å²) in [5.74, 6) is 3.25. The molecule has 3 aromatic carbocycles. The molecule has 0 spiro atoms. The average molecular weight is 324 g/mol. The van der Waals surface area contributed by atoms with Crippen LogP contribution in [0.2, 0.25) is 0 Å². The first kappa shape index (κ1) is 16.0. The number of hydrogen-bond acceptors (Lipinski definition) is 2. The number of ether oxygens (including phenoxy) is 1. The topological polar surface area (TPSA) is 29.5 Å². The first-order valence-corrected chi connectivity index (χ1v) is 7.38. The van der Waals surface area contributed by atoms with E-state index < -0.39 is 18.2 Å². The van der Waals surface area contributed by atoms with Crippen LogP contribution in [0.5, 0.6) is 5.75 Å². The largest absolute Gasteiger partial charge is 0.488 e. The Balaban J connectivity index is 2.09. The van der Waals surface area contributed by atoms with Crippen molar-refractivity contribution in [2.24, 2.45) is 0 Å². The standard InChI is InChI=1S/C20H14F2O2/c21-17-12-15-8-4-10-18(24-13-14-6-2-1-3-7-14)19(15)16(20(17)22)9-5-11-23/h1-4,6-8,10,12,23H,11,13H2. The second kappa shape index (κ2) is 7.12. The van der Waals surface area contributed by atoms with E-state index in [-0.39, 0.29) is 5.56 Å². The monoisotopic (exact) mass is 324 g/mol. The van der Waals surface area contributed by atoms with Crippen LogP contribution < -0.4 is 4.74 Å². The second-order valence-corrected chi connectivity index (χ2v) is 5.14. The van der Waals surface area contributed by atoms with E-state index in [0.29, 0.717) is 23.1 Å². The molecular formula is C20H14F2O2. The summed E-state index contributed by atoms with van der Waals surface area (Å²) in [6.07, 6.45) is 0. The molecule has 0 aliphatic carbocycles. The van der Waals surface area contributed by atoms with Gasteiger partial charge in [0.2, 0.25) is 0 Å². The van der Waals surface area contributed by atoms with Gasteiger partial charge >= 0.3 is 0 Å². The third kappa shape index (κ3) is 3.22. The van der Waals surface area contributed by atoms with Crippen molar-refractivity contribution in [3.63, 3.8) is 0 Å².